The van der Waals surface area contributed by atoms with Crippen LogP contribution < -0.4 is 18.9 Å². The van der Waals surface area contributed by atoms with Gasteiger partial charge in [-0.25, -0.2) is 0 Å². The van der Waals surface area contributed by atoms with Gasteiger partial charge < -0.3 is 23.8 Å². The lowest BCUT2D eigenvalue weighted by Crippen LogP contribution is -2.33. The van der Waals surface area contributed by atoms with Crippen LogP contribution in [0.3, 0.4) is 0 Å². The van der Waals surface area contributed by atoms with Crippen LogP contribution in [0.4, 0.5) is 0 Å². The Bertz CT molecular complexity index is 1010. The molecular formula is C23H23NO4. The van der Waals surface area contributed by atoms with Crippen LogP contribution in [0.1, 0.15) is 28.7 Å². The van der Waals surface area contributed by atoms with Crippen molar-refractivity contribution in [1.29, 1.82) is 0 Å². The second-order valence-corrected chi connectivity index (χ2v) is 7.18. The summed E-state index contributed by atoms with van der Waals surface area (Å²) in [6.45, 7) is 6.03. The van der Waals surface area contributed by atoms with Gasteiger partial charge in [0.25, 0.3) is 0 Å². The number of fused-ring (bicyclic) bond motifs is 5. The number of hydrogen-bond donors (Lipinski definition) is 0. The van der Waals surface area contributed by atoms with Crippen molar-refractivity contribution < 1.29 is 18.9 Å². The lowest BCUT2D eigenvalue weighted by atomic mass is 9.84. The van der Waals surface area contributed by atoms with Gasteiger partial charge in [0, 0.05) is 29.9 Å². The Morgan fingerprint density at radius 1 is 1.11 bits per heavy atom. The van der Waals surface area contributed by atoms with E-state index in [0.29, 0.717) is 6.79 Å². The maximum Gasteiger partial charge on any atom is 0.231 e. The first kappa shape index (κ1) is 17.0. The van der Waals surface area contributed by atoms with Crippen molar-refractivity contribution in [1.82, 2.24) is 4.90 Å². The van der Waals surface area contributed by atoms with Crippen molar-refractivity contribution in [3.05, 3.63) is 59.2 Å². The summed E-state index contributed by atoms with van der Waals surface area (Å²) in [6, 6.07) is 8.40. The fourth-order valence-corrected chi connectivity index (χ4v) is 4.56. The van der Waals surface area contributed by atoms with Crippen molar-refractivity contribution in [2.45, 2.75) is 19.4 Å². The molecule has 0 fully saturated rings. The SMILES string of the molecule is C=CCC1=C2c3cc4c(cc3CCN2Cc2c1ccc(OC)c2OC)OCO4. The topological polar surface area (TPSA) is 40.2 Å². The molecule has 0 saturated carbocycles. The number of benzene rings is 2. The fraction of sp³-hybridized carbons (Fsp3) is 0.304. The molecule has 0 aromatic heterocycles. The van der Waals surface area contributed by atoms with Gasteiger partial charge in [0.1, 0.15) is 0 Å². The maximum absolute atomic E-state index is 5.73. The summed E-state index contributed by atoms with van der Waals surface area (Å²) in [7, 11) is 3.38. The molecule has 5 nitrogen and oxygen atoms in total. The molecule has 0 saturated heterocycles. The average Bonchev–Trinajstić information content (AvgIpc) is 3.18. The van der Waals surface area contributed by atoms with Gasteiger partial charge >= 0.3 is 0 Å². The van der Waals surface area contributed by atoms with E-state index >= 15 is 0 Å². The third-order valence-electron chi connectivity index (χ3n) is 5.78. The quantitative estimate of drug-likeness (QED) is 0.745. The molecule has 0 aliphatic carbocycles. The van der Waals surface area contributed by atoms with Gasteiger partial charge in [-0.3, -0.25) is 0 Å². The monoisotopic (exact) mass is 377 g/mol. The smallest absolute Gasteiger partial charge is 0.231 e. The summed E-state index contributed by atoms with van der Waals surface area (Å²) in [5.41, 5.74) is 7.44. The zero-order valence-corrected chi connectivity index (χ0v) is 16.2. The van der Waals surface area contributed by atoms with Gasteiger partial charge in [-0.1, -0.05) is 12.1 Å². The molecule has 5 rings (SSSR count). The molecule has 2 aromatic carbocycles. The maximum atomic E-state index is 5.73. The highest BCUT2D eigenvalue weighted by atomic mass is 16.7. The predicted molar refractivity (Wildman–Crippen MR) is 108 cm³/mol. The highest BCUT2D eigenvalue weighted by Crippen LogP contribution is 2.49. The first-order chi connectivity index (χ1) is 13.7. The number of rotatable bonds is 4. The lowest BCUT2D eigenvalue weighted by molar-refractivity contribution is 0.174. The Morgan fingerprint density at radius 2 is 1.93 bits per heavy atom. The summed E-state index contributed by atoms with van der Waals surface area (Å²) in [5, 5.41) is 0. The second kappa shape index (κ2) is 6.51. The number of methoxy groups -OCH3 is 2. The second-order valence-electron chi connectivity index (χ2n) is 7.18. The van der Waals surface area contributed by atoms with Gasteiger partial charge in [0.15, 0.2) is 23.0 Å². The zero-order chi connectivity index (χ0) is 19.3. The largest absolute Gasteiger partial charge is 0.493 e. The molecule has 0 spiro atoms. The number of hydrogen-bond acceptors (Lipinski definition) is 5. The molecule has 3 aliphatic rings. The molecule has 0 radical (unpaired) electrons. The third kappa shape index (κ3) is 2.39. The summed E-state index contributed by atoms with van der Waals surface area (Å²) < 4.78 is 22.5. The molecule has 0 bridgehead atoms. The van der Waals surface area contributed by atoms with Crippen LogP contribution in [0.25, 0.3) is 11.3 Å². The lowest BCUT2D eigenvalue weighted by Gasteiger charge is -2.40. The van der Waals surface area contributed by atoms with Gasteiger partial charge in [-0.2, -0.15) is 0 Å². The third-order valence-corrected chi connectivity index (χ3v) is 5.78. The minimum absolute atomic E-state index is 0.292. The van der Waals surface area contributed by atoms with E-state index in [1.54, 1.807) is 14.2 Å². The minimum atomic E-state index is 0.292. The molecule has 28 heavy (non-hydrogen) atoms. The van der Waals surface area contributed by atoms with E-state index in [0.717, 1.165) is 48.9 Å². The Labute approximate surface area is 164 Å². The van der Waals surface area contributed by atoms with Crippen molar-refractivity contribution in [2.24, 2.45) is 0 Å². The Kier molecular flexibility index (Phi) is 3.97. The molecule has 144 valence electrons. The molecule has 0 N–H and O–H groups in total. The van der Waals surface area contributed by atoms with Crippen LogP contribution in [-0.4, -0.2) is 32.5 Å². The van der Waals surface area contributed by atoms with Crippen molar-refractivity contribution >= 4 is 11.3 Å². The number of allylic oxidation sites excluding steroid dienone is 2. The first-order valence-electron chi connectivity index (χ1n) is 9.51. The summed E-state index contributed by atoms with van der Waals surface area (Å²) in [6.07, 6.45) is 3.72. The Hall–Kier alpha value is -3.08. The summed E-state index contributed by atoms with van der Waals surface area (Å²) in [4.78, 5) is 2.44. The van der Waals surface area contributed by atoms with Crippen LogP contribution in [0, 0.1) is 0 Å². The van der Waals surface area contributed by atoms with Crippen molar-refractivity contribution in [2.75, 3.05) is 27.6 Å². The van der Waals surface area contributed by atoms with E-state index in [1.165, 1.54) is 33.5 Å². The fourth-order valence-electron chi connectivity index (χ4n) is 4.56. The first-order valence-corrected chi connectivity index (χ1v) is 9.51. The van der Waals surface area contributed by atoms with Crippen LogP contribution in [-0.2, 0) is 13.0 Å². The molecular weight excluding hydrogens is 354 g/mol. The molecule has 0 amide bonds. The van der Waals surface area contributed by atoms with Crippen LogP contribution in [0.5, 0.6) is 23.0 Å². The van der Waals surface area contributed by atoms with Gasteiger partial charge in [0.05, 0.1) is 14.2 Å². The van der Waals surface area contributed by atoms with Crippen molar-refractivity contribution in [3.63, 3.8) is 0 Å². The van der Waals surface area contributed by atoms with E-state index in [-0.39, 0.29) is 0 Å². The Balaban J connectivity index is 1.76. The highest BCUT2D eigenvalue weighted by Gasteiger charge is 2.33. The van der Waals surface area contributed by atoms with E-state index in [1.807, 2.05) is 12.1 Å². The number of nitrogens with zero attached hydrogens (tertiary/aromatic N) is 1. The average molecular weight is 377 g/mol. The van der Waals surface area contributed by atoms with Crippen LogP contribution in [0.2, 0.25) is 0 Å². The van der Waals surface area contributed by atoms with Crippen LogP contribution >= 0.6 is 0 Å². The number of ether oxygens (including phenoxy) is 4. The summed E-state index contributed by atoms with van der Waals surface area (Å²) in [5.74, 6) is 3.25. The van der Waals surface area contributed by atoms with E-state index in [4.69, 9.17) is 18.9 Å². The van der Waals surface area contributed by atoms with E-state index in [2.05, 4.69) is 29.7 Å². The van der Waals surface area contributed by atoms with Crippen molar-refractivity contribution in [3.8, 4) is 23.0 Å². The zero-order valence-electron chi connectivity index (χ0n) is 16.2. The highest BCUT2D eigenvalue weighted by molar-refractivity contribution is 5.95. The molecule has 0 unspecified atom stereocenters. The van der Waals surface area contributed by atoms with E-state index in [9.17, 15) is 0 Å². The van der Waals surface area contributed by atoms with E-state index < -0.39 is 0 Å². The van der Waals surface area contributed by atoms with Gasteiger partial charge in [-0.15, -0.1) is 6.58 Å². The molecule has 3 aliphatic heterocycles. The van der Waals surface area contributed by atoms with Crippen LogP contribution in [0.15, 0.2) is 36.9 Å². The van der Waals surface area contributed by atoms with Gasteiger partial charge in [0.2, 0.25) is 6.79 Å². The Morgan fingerprint density at radius 3 is 2.68 bits per heavy atom. The molecule has 2 aromatic rings. The summed E-state index contributed by atoms with van der Waals surface area (Å²) >= 11 is 0. The van der Waals surface area contributed by atoms with Gasteiger partial charge in [-0.05, 0) is 47.7 Å². The molecule has 5 heteroatoms. The minimum Gasteiger partial charge on any atom is -0.493 e. The normalized spacial score (nSPS) is 16.3. The predicted octanol–water partition coefficient (Wildman–Crippen LogP) is 4.25. The molecule has 0 atom stereocenters. The standard InChI is InChI=1S/C23H23NO4/c1-4-5-16-15-6-7-19(25-2)23(26-3)18(15)12-24-9-8-14-10-20-21(28-13-27-20)11-17(14)22(16)24/h4,6-7,10-11H,1,5,8-9,12-13H2,2-3H3. The molecule has 3 heterocycles.